The van der Waals surface area contributed by atoms with Crippen LogP contribution in [0.15, 0.2) is 24.8 Å². The molecular weight excluding hydrogens is 684 g/mol. The highest BCUT2D eigenvalue weighted by Crippen LogP contribution is 2.12. The van der Waals surface area contributed by atoms with E-state index in [0.717, 1.165) is 0 Å². The Kier molecular flexibility index (Phi) is 17.7. The van der Waals surface area contributed by atoms with Crippen LogP contribution in [0.1, 0.15) is 38.3 Å². The Morgan fingerprint density at radius 1 is 0.706 bits per heavy atom. The number of imidazole rings is 2. The standard InChI is InChI=1S/C27H34N8O14.C2H6/c1-28-20(37)10-33(8-18-29-2-4-34(18)11-21(38)31-16(26(46)47)6-14(13-36)23(40)41)9-19-30-3-5-35(19)12-22(39)32-17(27(48)49)7-15(24(42)43)25(44)45;1-2/h2-5,13-17H,6-12H2,1H3,(H,28,37)(H,31,38)(H,32,39)(H,40,41)(H,42,43)(H,44,45)(H,46,47)(H,48,49);1-2H3. The molecule has 3 atom stereocenters. The molecule has 0 saturated heterocycles. The predicted molar refractivity (Wildman–Crippen MR) is 168 cm³/mol. The first kappa shape index (κ1) is 42.8. The molecule has 22 nitrogen and oxygen atoms in total. The maximum Gasteiger partial charge on any atom is 0.326 e. The highest BCUT2D eigenvalue weighted by Gasteiger charge is 2.33. The molecule has 280 valence electrons. The lowest BCUT2D eigenvalue weighted by molar-refractivity contribution is -0.156. The Morgan fingerprint density at radius 3 is 1.49 bits per heavy atom. The van der Waals surface area contributed by atoms with E-state index in [9.17, 15) is 53.4 Å². The smallest absolute Gasteiger partial charge is 0.326 e. The Balaban J connectivity index is 0.00000638. The lowest BCUT2D eigenvalue weighted by atomic mass is 10.00. The Morgan fingerprint density at radius 2 is 1.14 bits per heavy atom. The fourth-order valence-corrected chi connectivity index (χ4v) is 4.36. The Hall–Kier alpha value is -6.19. The molecule has 0 fully saturated rings. The van der Waals surface area contributed by atoms with E-state index in [1.54, 1.807) is 0 Å². The number of carboxylic acid groups (broad SMARTS) is 5. The van der Waals surface area contributed by atoms with Gasteiger partial charge in [-0.05, 0) is 6.42 Å². The van der Waals surface area contributed by atoms with Crippen molar-refractivity contribution in [2.24, 2.45) is 11.8 Å². The summed E-state index contributed by atoms with van der Waals surface area (Å²) in [4.78, 5) is 115. The minimum Gasteiger partial charge on any atom is -0.481 e. The van der Waals surface area contributed by atoms with E-state index >= 15 is 0 Å². The fraction of sp³-hybridized carbons (Fsp3) is 0.483. The SMILES string of the molecule is CC.CNC(=O)CN(Cc1nccn1CC(=O)NC(CC(C=O)C(=O)O)C(=O)O)Cc1nccn1CC(=O)NC(CC(C(=O)O)C(=O)O)C(=O)O. The molecule has 2 aromatic heterocycles. The monoisotopic (exact) mass is 724 g/mol. The summed E-state index contributed by atoms with van der Waals surface area (Å²) in [7, 11) is 1.38. The van der Waals surface area contributed by atoms with Gasteiger partial charge in [-0.3, -0.25) is 33.7 Å². The minimum atomic E-state index is -2.09. The van der Waals surface area contributed by atoms with Crippen molar-refractivity contribution in [1.82, 2.24) is 40.0 Å². The highest BCUT2D eigenvalue weighted by molar-refractivity contribution is 5.94. The number of aliphatic carboxylic acids is 5. The number of hydrogen-bond donors (Lipinski definition) is 8. The van der Waals surface area contributed by atoms with Crippen LogP contribution < -0.4 is 16.0 Å². The lowest BCUT2D eigenvalue weighted by Crippen LogP contribution is -2.45. The second-order valence-corrected chi connectivity index (χ2v) is 10.5. The summed E-state index contributed by atoms with van der Waals surface area (Å²) in [6.45, 7) is 2.54. The molecule has 22 heteroatoms. The molecule has 0 bridgehead atoms. The van der Waals surface area contributed by atoms with E-state index in [4.69, 9.17) is 15.3 Å². The van der Waals surface area contributed by atoms with Gasteiger partial charge in [0.25, 0.3) is 0 Å². The minimum absolute atomic E-state index is 0.0584. The second kappa shape index (κ2) is 21.0. The lowest BCUT2D eigenvalue weighted by Gasteiger charge is -2.22. The van der Waals surface area contributed by atoms with Crippen LogP contribution in [0.5, 0.6) is 0 Å². The third-order valence-electron chi connectivity index (χ3n) is 6.91. The first-order valence-electron chi connectivity index (χ1n) is 15.2. The van der Waals surface area contributed by atoms with Crippen LogP contribution in [-0.2, 0) is 69.3 Å². The third-order valence-corrected chi connectivity index (χ3v) is 6.91. The highest BCUT2D eigenvalue weighted by atomic mass is 16.4. The van der Waals surface area contributed by atoms with E-state index in [0.29, 0.717) is 0 Å². The first-order chi connectivity index (χ1) is 24.1. The summed E-state index contributed by atoms with van der Waals surface area (Å²) < 4.78 is 2.62. The van der Waals surface area contributed by atoms with Crippen LogP contribution in [0, 0.1) is 11.8 Å². The van der Waals surface area contributed by atoms with Crippen molar-refractivity contribution < 1.29 is 68.7 Å². The quantitative estimate of drug-likeness (QED) is 0.0458. The number of carboxylic acids is 5. The normalized spacial score (nSPS) is 12.4. The van der Waals surface area contributed by atoms with E-state index in [1.165, 1.54) is 45.9 Å². The molecule has 0 aliphatic heterocycles. The molecule has 0 aromatic carbocycles. The van der Waals surface area contributed by atoms with Crippen molar-refractivity contribution in [3.8, 4) is 0 Å². The number of rotatable bonds is 22. The molecule has 0 radical (unpaired) electrons. The van der Waals surface area contributed by atoms with E-state index < -0.39 is 97.4 Å². The van der Waals surface area contributed by atoms with Crippen molar-refractivity contribution >= 4 is 53.9 Å². The van der Waals surface area contributed by atoms with Crippen molar-refractivity contribution in [1.29, 1.82) is 0 Å². The van der Waals surface area contributed by atoms with Gasteiger partial charge in [-0.15, -0.1) is 0 Å². The molecule has 3 amide bonds. The van der Waals surface area contributed by atoms with E-state index in [1.807, 2.05) is 13.8 Å². The largest absolute Gasteiger partial charge is 0.481 e. The summed E-state index contributed by atoms with van der Waals surface area (Å²) in [5.74, 6) is -13.9. The van der Waals surface area contributed by atoms with Crippen LogP contribution in [0.2, 0.25) is 0 Å². The number of carbonyl (C=O) groups is 9. The zero-order valence-corrected chi connectivity index (χ0v) is 27.8. The van der Waals surface area contributed by atoms with Crippen molar-refractivity contribution in [2.75, 3.05) is 13.6 Å². The molecule has 2 aromatic rings. The topological polar surface area (TPSA) is 330 Å². The van der Waals surface area contributed by atoms with Crippen LogP contribution >= 0.6 is 0 Å². The van der Waals surface area contributed by atoms with Crippen LogP contribution in [0.4, 0.5) is 0 Å². The van der Waals surface area contributed by atoms with Gasteiger partial charge in [0.2, 0.25) is 17.7 Å². The number of nitrogens with zero attached hydrogens (tertiary/aromatic N) is 5. The van der Waals surface area contributed by atoms with Gasteiger partial charge < -0.3 is 55.4 Å². The number of likely N-dealkylation sites (N-methyl/N-ethyl adjacent to an activating group) is 1. The van der Waals surface area contributed by atoms with Gasteiger partial charge in [-0.25, -0.2) is 19.6 Å². The van der Waals surface area contributed by atoms with Crippen molar-refractivity contribution in [2.45, 2.75) is 65.0 Å². The fourth-order valence-electron chi connectivity index (χ4n) is 4.36. The molecule has 51 heavy (non-hydrogen) atoms. The van der Waals surface area contributed by atoms with E-state index in [2.05, 4.69) is 25.9 Å². The van der Waals surface area contributed by atoms with Gasteiger partial charge in [0.15, 0.2) is 5.92 Å². The number of hydrogen-bond acceptors (Lipinski definition) is 12. The number of aldehydes is 1. The molecule has 0 aliphatic carbocycles. The zero-order valence-electron chi connectivity index (χ0n) is 27.8. The maximum atomic E-state index is 12.7. The maximum absolute atomic E-state index is 12.7. The second-order valence-electron chi connectivity index (χ2n) is 10.5. The molecular formula is C29H40N8O14. The van der Waals surface area contributed by atoms with Gasteiger partial charge >= 0.3 is 29.8 Å². The summed E-state index contributed by atoms with van der Waals surface area (Å²) in [5.41, 5.74) is 0. The zero-order chi connectivity index (χ0) is 38.8. The molecule has 0 spiro atoms. The third kappa shape index (κ3) is 14.1. The average Bonchev–Trinajstić information content (AvgIpc) is 3.69. The van der Waals surface area contributed by atoms with Gasteiger partial charge in [-0.2, -0.15) is 0 Å². The van der Waals surface area contributed by atoms with E-state index in [-0.39, 0.29) is 37.6 Å². The predicted octanol–water partition coefficient (Wildman–Crippen LogP) is -2.54. The van der Waals surface area contributed by atoms with Crippen molar-refractivity contribution in [3.63, 3.8) is 0 Å². The Bertz CT molecular complexity index is 1560. The van der Waals surface area contributed by atoms with Gasteiger partial charge in [0.1, 0.15) is 49.0 Å². The molecule has 3 unspecified atom stereocenters. The number of carbonyl (C=O) groups excluding carboxylic acids is 4. The van der Waals surface area contributed by atoms with Gasteiger partial charge in [0.05, 0.1) is 19.6 Å². The van der Waals surface area contributed by atoms with Crippen LogP contribution in [-0.4, -0.2) is 129 Å². The Labute approximate surface area is 289 Å². The van der Waals surface area contributed by atoms with Crippen LogP contribution in [0.25, 0.3) is 0 Å². The molecule has 2 heterocycles. The molecule has 0 aliphatic rings. The summed E-state index contributed by atoms with van der Waals surface area (Å²) in [6, 6.07) is -3.53. The summed E-state index contributed by atoms with van der Waals surface area (Å²) in [6.07, 6.45) is 3.83. The summed E-state index contributed by atoms with van der Waals surface area (Å²) >= 11 is 0. The van der Waals surface area contributed by atoms with Crippen LogP contribution in [0.3, 0.4) is 0 Å². The van der Waals surface area contributed by atoms with Gasteiger partial charge in [0, 0.05) is 38.3 Å². The number of aromatic nitrogens is 4. The molecule has 8 N–H and O–H groups in total. The number of nitrogens with one attached hydrogen (secondary N) is 3. The van der Waals surface area contributed by atoms with Crippen molar-refractivity contribution in [3.05, 3.63) is 36.4 Å². The summed E-state index contributed by atoms with van der Waals surface area (Å²) in [5, 5.41) is 52.7. The molecule has 2 rings (SSSR count). The number of amides is 3. The first-order valence-corrected chi connectivity index (χ1v) is 15.2. The average molecular weight is 725 g/mol. The van der Waals surface area contributed by atoms with Gasteiger partial charge in [-0.1, -0.05) is 13.8 Å². The molecule has 0 saturated carbocycles.